The molecule has 2 atom stereocenters. The van der Waals surface area contributed by atoms with Gasteiger partial charge in [0.05, 0.1) is 12.7 Å². The van der Waals surface area contributed by atoms with E-state index in [-0.39, 0.29) is 0 Å². The molecule has 2 heteroatoms. The van der Waals surface area contributed by atoms with E-state index < -0.39 is 0 Å². The van der Waals surface area contributed by atoms with Crippen LogP contribution in [0.3, 0.4) is 0 Å². The fourth-order valence-electron chi connectivity index (χ4n) is 1.42. The predicted octanol–water partition coefficient (Wildman–Crippen LogP) is 0.385. The first-order chi connectivity index (χ1) is 4.47. The van der Waals surface area contributed by atoms with Gasteiger partial charge in [-0.2, -0.15) is 0 Å². The standard InChI is InChI=1S/C7H13NO/c1-2-8-3-4-9-7-5-6(1)7/h6-8H,1-5H2. The summed E-state index contributed by atoms with van der Waals surface area (Å²) in [7, 11) is 0. The van der Waals surface area contributed by atoms with Gasteiger partial charge in [-0.05, 0) is 25.3 Å². The van der Waals surface area contributed by atoms with Crippen LogP contribution in [0.4, 0.5) is 0 Å². The molecule has 1 saturated carbocycles. The third-order valence-corrected chi connectivity index (χ3v) is 2.16. The maximum Gasteiger partial charge on any atom is 0.0609 e. The van der Waals surface area contributed by atoms with Crippen LogP contribution in [0.15, 0.2) is 0 Å². The molecule has 1 saturated heterocycles. The largest absolute Gasteiger partial charge is 0.377 e. The molecule has 9 heavy (non-hydrogen) atoms. The molecular formula is C7H13NO. The lowest BCUT2D eigenvalue weighted by molar-refractivity contribution is 0.103. The number of hydrogen-bond acceptors (Lipinski definition) is 2. The Morgan fingerprint density at radius 2 is 2.33 bits per heavy atom. The van der Waals surface area contributed by atoms with Crippen LogP contribution in [-0.4, -0.2) is 25.8 Å². The van der Waals surface area contributed by atoms with E-state index in [2.05, 4.69) is 5.32 Å². The quantitative estimate of drug-likeness (QED) is 0.508. The lowest BCUT2D eigenvalue weighted by atomic mass is 10.3. The second kappa shape index (κ2) is 2.27. The van der Waals surface area contributed by atoms with Gasteiger partial charge >= 0.3 is 0 Å². The maximum atomic E-state index is 5.49. The monoisotopic (exact) mass is 127 g/mol. The van der Waals surface area contributed by atoms with Gasteiger partial charge in [-0.3, -0.25) is 0 Å². The SMILES string of the molecule is C1COC2CC2CCN1. The van der Waals surface area contributed by atoms with Crippen molar-refractivity contribution in [3.63, 3.8) is 0 Å². The first-order valence-corrected chi connectivity index (χ1v) is 3.79. The third-order valence-electron chi connectivity index (χ3n) is 2.16. The fourth-order valence-corrected chi connectivity index (χ4v) is 1.42. The molecule has 0 spiro atoms. The Balaban J connectivity index is 1.81. The van der Waals surface area contributed by atoms with E-state index in [9.17, 15) is 0 Å². The highest BCUT2D eigenvalue weighted by molar-refractivity contribution is 4.88. The molecule has 0 bridgehead atoms. The van der Waals surface area contributed by atoms with E-state index >= 15 is 0 Å². The summed E-state index contributed by atoms with van der Waals surface area (Å²) < 4.78 is 5.49. The highest BCUT2D eigenvalue weighted by Crippen LogP contribution is 2.36. The van der Waals surface area contributed by atoms with E-state index in [4.69, 9.17) is 4.74 Å². The van der Waals surface area contributed by atoms with Gasteiger partial charge in [0, 0.05) is 6.54 Å². The third kappa shape index (κ3) is 1.25. The van der Waals surface area contributed by atoms with Crippen LogP contribution in [0.5, 0.6) is 0 Å². The zero-order valence-electron chi connectivity index (χ0n) is 5.60. The summed E-state index contributed by atoms with van der Waals surface area (Å²) in [5.74, 6) is 0.901. The fraction of sp³-hybridized carbons (Fsp3) is 1.00. The summed E-state index contributed by atoms with van der Waals surface area (Å²) in [6, 6.07) is 0. The zero-order valence-corrected chi connectivity index (χ0v) is 5.60. The molecule has 52 valence electrons. The summed E-state index contributed by atoms with van der Waals surface area (Å²) in [5, 5.41) is 3.32. The minimum Gasteiger partial charge on any atom is -0.377 e. The Kier molecular flexibility index (Phi) is 1.44. The number of rotatable bonds is 0. The lowest BCUT2D eigenvalue weighted by Crippen LogP contribution is -2.24. The average molecular weight is 127 g/mol. The highest BCUT2D eigenvalue weighted by Gasteiger charge is 2.37. The van der Waals surface area contributed by atoms with Crippen molar-refractivity contribution in [2.45, 2.75) is 18.9 Å². The predicted molar refractivity (Wildman–Crippen MR) is 35.3 cm³/mol. The van der Waals surface area contributed by atoms with Crippen LogP contribution in [0.1, 0.15) is 12.8 Å². The van der Waals surface area contributed by atoms with Gasteiger partial charge < -0.3 is 10.1 Å². The summed E-state index contributed by atoms with van der Waals surface area (Å²) in [6.45, 7) is 3.16. The number of fused-ring (bicyclic) bond motifs is 1. The highest BCUT2D eigenvalue weighted by atomic mass is 16.5. The van der Waals surface area contributed by atoms with Crippen molar-refractivity contribution >= 4 is 0 Å². The van der Waals surface area contributed by atoms with Gasteiger partial charge in [0.25, 0.3) is 0 Å². The number of nitrogens with one attached hydrogen (secondary N) is 1. The Bertz CT molecular complexity index is 93.1. The molecule has 0 radical (unpaired) electrons. The Morgan fingerprint density at radius 3 is 3.33 bits per heavy atom. The summed E-state index contributed by atoms with van der Waals surface area (Å²) >= 11 is 0. The maximum absolute atomic E-state index is 5.49. The second-order valence-corrected chi connectivity index (χ2v) is 2.94. The first-order valence-electron chi connectivity index (χ1n) is 3.79. The summed E-state index contributed by atoms with van der Waals surface area (Å²) in [6.07, 6.45) is 3.29. The van der Waals surface area contributed by atoms with Gasteiger partial charge in [-0.15, -0.1) is 0 Å². The number of ether oxygens (including phenoxy) is 1. The molecule has 0 aromatic heterocycles. The Labute approximate surface area is 55.6 Å². The molecule has 2 fully saturated rings. The van der Waals surface area contributed by atoms with Crippen molar-refractivity contribution in [1.82, 2.24) is 5.32 Å². The van der Waals surface area contributed by atoms with Crippen LogP contribution in [-0.2, 0) is 4.74 Å². The molecule has 2 rings (SSSR count). The normalized spacial score (nSPS) is 42.7. The summed E-state index contributed by atoms with van der Waals surface area (Å²) in [4.78, 5) is 0. The molecule has 0 amide bonds. The van der Waals surface area contributed by atoms with Crippen LogP contribution in [0.2, 0.25) is 0 Å². The molecule has 1 aliphatic carbocycles. The van der Waals surface area contributed by atoms with Crippen molar-refractivity contribution in [3.8, 4) is 0 Å². The number of hydrogen-bond donors (Lipinski definition) is 1. The Morgan fingerprint density at radius 1 is 1.33 bits per heavy atom. The smallest absolute Gasteiger partial charge is 0.0609 e. The van der Waals surface area contributed by atoms with E-state index in [0.29, 0.717) is 6.10 Å². The van der Waals surface area contributed by atoms with Crippen LogP contribution >= 0.6 is 0 Å². The van der Waals surface area contributed by atoms with E-state index in [1.54, 1.807) is 0 Å². The van der Waals surface area contributed by atoms with Crippen molar-refractivity contribution in [2.75, 3.05) is 19.7 Å². The van der Waals surface area contributed by atoms with E-state index in [1.807, 2.05) is 0 Å². The van der Waals surface area contributed by atoms with E-state index in [1.165, 1.54) is 19.4 Å². The first kappa shape index (κ1) is 5.69. The minimum atomic E-state index is 0.645. The van der Waals surface area contributed by atoms with Crippen molar-refractivity contribution in [3.05, 3.63) is 0 Å². The molecule has 2 aliphatic rings. The van der Waals surface area contributed by atoms with E-state index in [0.717, 1.165) is 19.1 Å². The molecule has 0 aromatic carbocycles. The Hall–Kier alpha value is -0.0800. The second-order valence-electron chi connectivity index (χ2n) is 2.94. The van der Waals surface area contributed by atoms with Gasteiger partial charge in [-0.1, -0.05) is 0 Å². The van der Waals surface area contributed by atoms with Crippen LogP contribution in [0, 0.1) is 5.92 Å². The minimum absolute atomic E-state index is 0.645. The molecule has 0 aromatic rings. The van der Waals surface area contributed by atoms with Crippen molar-refractivity contribution < 1.29 is 4.74 Å². The lowest BCUT2D eigenvalue weighted by Gasteiger charge is -2.09. The average Bonchev–Trinajstić information content (AvgIpc) is 2.46. The van der Waals surface area contributed by atoms with Gasteiger partial charge in [-0.25, -0.2) is 0 Å². The van der Waals surface area contributed by atoms with Gasteiger partial charge in [0.15, 0.2) is 0 Å². The van der Waals surface area contributed by atoms with Crippen molar-refractivity contribution in [2.24, 2.45) is 5.92 Å². The van der Waals surface area contributed by atoms with Crippen LogP contribution < -0.4 is 5.32 Å². The van der Waals surface area contributed by atoms with Gasteiger partial charge in [0.1, 0.15) is 0 Å². The molecule has 1 N–H and O–H groups in total. The van der Waals surface area contributed by atoms with Gasteiger partial charge in [0.2, 0.25) is 0 Å². The topological polar surface area (TPSA) is 21.3 Å². The molecule has 2 nitrogen and oxygen atoms in total. The molecular weight excluding hydrogens is 114 g/mol. The summed E-state index contributed by atoms with van der Waals surface area (Å²) in [5.41, 5.74) is 0. The molecule has 1 aliphatic heterocycles. The molecule has 1 heterocycles. The molecule has 2 unspecified atom stereocenters. The zero-order chi connectivity index (χ0) is 6.10. The van der Waals surface area contributed by atoms with Crippen LogP contribution in [0.25, 0.3) is 0 Å². The van der Waals surface area contributed by atoms with Crippen molar-refractivity contribution in [1.29, 1.82) is 0 Å².